The largest absolute Gasteiger partial charge is 0.305 e. The zero-order valence-electron chi connectivity index (χ0n) is 10.8. The Bertz CT molecular complexity index is 449. The van der Waals surface area contributed by atoms with Gasteiger partial charge < -0.3 is 4.98 Å². The summed E-state index contributed by atoms with van der Waals surface area (Å²) in [6.07, 6.45) is 1.79. The third-order valence-corrected chi connectivity index (χ3v) is 1.65. The van der Waals surface area contributed by atoms with Crippen molar-refractivity contribution in [3.63, 3.8) is 0 Å². The van der Waals surface area contributed by atoms with Crippen molar-refractivity contribution in [2.75, 3.05) is 0 Å². The maximum absolute atomic E-state index is 7.32. The van der Waals surface area contributed by atoms with Gasteiger partial charge in [-0.15, -0.1) is 35.9 Å². The van der Waals surface area contributed by atoms with Gasteiger partial charge in [-0.2, -0.15) is 10.5 Å². The van der Waals surface area contributed by atoms with Crippen LogP contribution in [0.2, 0.25) is 0 Å². The number of nitriles is 2. The number of aromatic nitrogens is 1. The molecule has 0 spiro atoms. The van der Waals surface area contributed by atoms with Crippen LogP contribution in [0.15, 0.2) is 48.7 Å². The van der Waals surface area contributed by atoms with Gasteiger partial charge >= 0.3 is 0 Å². The topological polar surface area (TPSA) is 60.5 Å². The van der Waals surface area contributed by atoms with Gasteiger partial charge in [-0.3, -0.25) is 0 Å². The molecule has 19 heavy (non-hydrogen) atoms. The standard InChI is InChI=1S/C11H8N.2C2H3N.Ir/c1-2-6-10(7-3-1)11-8-4-5-9-12-11;2*1-2-3;/h1-6,8-9H;2*1H3;/q-1;;;. The Hall–Kier alpha value is -2.00. The molecule has 2 rings (SSSR count). The monoisotopic (exact) mass is 429 g/mol. The van der Waals surface area contributed by atoms with E-state index < -0.39 is 0 Å². The predicted octanol–water partition coefficient (Wildman–Crippen LogP) is 3.61. The zero-order chi connectivity index (χ0) is 13.6. The van der Waals surface area contributed by atoms with E-state index in [1.54, 1.807) is 18.3 Å². The Morgan fingerprint density at radius 3 is 2.00 bits per heavy atom. The second-order valence-electron chi connectivity index (χ2n) is 2.94. The molecule has 4 heteroatoms. The summed E-state index contributed by atoms with van der Waals surface area (Å²) in [5.74, 6) is 0. The number of hydrogen-bond donors (Lipinski definition) is 0. The quantitative estimate of drug-likeness (QED) is 0.652. The molecule has 0 aliphatic rings. The van der Waals surface area contributed by atoms with Crippen molar-refractivity contribution in [1.29, 1.82) is 10.5 Å². The molecule has 0 aliphatic carbocycles. The van der Waals surface area contributed by atoms with E-state index in [9.17, 15) is 0 Å². The van der Waals surface area contributed by atoms with Crippen molar-refractivity contribution in [3.8, 4) is 23.4 Å². The van der Waals surface area contributed by atoms with Gasteiger partial charge in [0.05, 0.1) is 12.1 Å². The maximum atomic E-state index is 7.32. The molecule has 0 amide bonds. The summed E-state index contributed by atoms with van der Waals surface area (Å²) >= 11 is 0. The molecule has 0 bridgehead atoms. The van der Waals surface area contributed by atoms with Crippen LogP contribution in [0, 0.1) is 28.7 Å². The minimum Gasteiger partial charge on any atom is -0.305 e. The first-order valence-electron chi connectivity index (χ1n) is 5.30. The van der Waals surface area contributed by atoms with E-state index in [0.717, 1.165) is 11.3 Å². The van der Waals surface area contributed by atoms with Crippen molar-refractivity contribution in [1.82, 2.24) is 4.98 Å². The van der Waals surface area contributed by atoms with Crippen LogP contribution in [0.3, 0.4) is 0 Å². The number of rotatable bonds is 1. The van der Waals surface area contributed by atoms with E-state index in [1.807, 2.05) is 42.5 Å². The third kappa shape index (κ3) is 9.68. The molecule has 0 unspecified atom stereocenters. The van der Waals surface area contributed by atoms with Crippen LogP contribution in [0.4, 0.5) is 0 Å². The maximum Gasteiger partial charge on any atom is 0.0587 e. The van der Waals surface area contributed by atoms with Gasteiger partial charge in [0.2, 0.25) is 0 Å². The summed E-state index contributed by atoms with van der Waals surface area (Å²) in [5.41, 5.74) is 2.01. The van der Waals surface area contributed by atoms with Crippen molar-refractivity contribution < 1.29 is 20.1 Å². The molecule has 2 aromatic rings. The van der Waals surface area contributed by atoms with E-state index in [4.69, 9.17) is 10.5 Å². The molecule has 0 saturated carbocycles. The van der Waals surface area contributed by atoms with Crippen LogP contribution in [0.1, 0.15) is 13.8 Å². The van der Waals surface area contributed by atoms with Gasteiger partial charge in [0, 0.05) is 40.1 Å². The average molecular weight is 429 g/mol. The first kappa shape index (κ1) is 19.3. The molecule has 1 heterocycles. The van der Waals surface area contributed by atoms with Gasteiger partial charge in [0.15, 0.2) is 0 Å². The molecule has 0 atom stereocenters. The number of nitrogens with zero attached hydrogens (tertiary/aromatic N) is 3. The Kier molecular flexibility index (Phi) is 14.3. The molecule has 99 valence electrons. The predicted molar refractivity (Wildman–Crippen MR) is 71.1 cm³/mol. The normalized spacial score (nSPS) is 6.95. The van der Waals surface area contributed by atoms with Crippen LogP contribution in [-0.4, -0.2) is 4.98 Å². The summed E-state index contributed by atoms with van der Waals surface area (Å²) < 4.78 is 0. The summed E-state index contributed by atoms with van der Waals surface area (Å²) in [5, 5.41) is 14.6. The molecule has 1 aromatic carbocycles. The average Bonchev–Trinajstić information content (AvgIpc) is 2.43. The van der Waals surface area contributed by atoms with Crippen molar-refractivity contribution >= 4 is 0 Å². The van der Waals surface area contributed by atoms with Gasteiger partial charge in [0.1, 0.15) is 0 Å². The minimum atomic E-state index is 0. The van der Waals surface area contributed by atoms with Crippen molar-refractivity contribution in [2.24, 2.45) is 0 Å². The van der Waals surface area contributed by atoms with Crippen LogP contribution < -0.4 is 0 Å². The Morgan fingerprint density at radius 2 is 1.58 bits per heavy atom. The molecule has 3 nitrogen and oxygen atoms in total. The fourth-order valence-corrected chi connectivity index (χ4v) is 1.07. The zero-order valence-corrected chi connectivity index (χ0v) is 13.2. The fourth-order valence-electron chi connectivity index (χ4n) is 1.07. The van der Waals surface area contributed by atoms with Gasteiger partial charge in [-0.25, -0.2) is 0 Å². The SMILES string of the molecule is CC#N.CC#N.[Ir].[c-]1ccccc1-c1ccccn1. The van der Waals surface area contributed by atoms with E-state index in [0.29, 0.717) is 0 Å². The van der Waals surface area contributed by atoms with E-state index in [1.165, 1.54) is 13.8 Å². The van der Waals surface area contributed by atoms with E-state index in [2.05, 4.69) is 11.1 Å². The molecule has 0 N–H and O–H groups in total. The summed E-state index contributed by atoms with van der Waals surface area (Å²) in [6, 6.07) is 20.3. The van der Waals surface area contributed by atoms with Crippen LogP contribution in [0.25, 0.3) is 11.3 Å². The van der Waals surface area contributed by atoms with Gasteiger partial charge in [0.25, 0.3) is 0 Å². The summed E-state index contributed by atoms with van der Waals surface area (Å²) in [6.45, 7) is 2.86. The fraction of sp³-hybridized carbons (Fsp3) is 0.133. The molecule has 1 radical (unpaired) electrons. The molecule has 1 aromatic heterocycles. The second kappa shape index (κ2) is 14.1. The molecule has 0 saturated heterocycles. The number of hydrogen-bond acceptors (Lipinski definition) is 3. The summed E-state index contributed by atoms with van der Waals surface area (Å²) in [7, 11) is 0. The number of benzene rings is 1. The van der Waals surface area contributed by atoms with Crippen LogP contribution in [-0.2, 0) is 20.1 Å². The molecule has 0 aliphatic heterocycles. The smallest absolute Gasteiger partial charge is 0.0587 e. The van der Waals surface area contributed by atoms with Crippen molar-refractivity contribution in [2.45, 2.75) is 13.8 Å². The van der Waals surface area contributed by atoms with Crippen LogP contribution >= 0.6 is 0 Å². The Labute approximate surface area is 127 Å². The Morgan fingerprint density at radius 1 is 1.00 bits per heavy atom. The third-order valence-electron chi connectivity index (χ3n) is 1.65. The molecular formula is C15H14IrN3-. The minimum absolute atomic E-state index is 0. The van der Waals surface area contributed by atoms with Crippen molar-refractivity contribution in [3.05, 3.63) is 54.7 Å². The van der Waals surface area contributed by atoms with E-state index in [-0.39, 0.29) is 20.1 Å². The Balaban J connectivity index is 0. The van der Waals surface area contributed by atoms with Gasteiger partial charge in [-0.1, -0.05) is 12.1 Å². The van der Waals surface area contributed by atoms with Gasteiger partial charge in [-0.05, 0) is 11.8 Å². The molecular weight excluding hydrogens is 414 g/mol. The van der Waals surface area contributed by atoms with Crippen LogP contribution in [0.5, 0.6) is 0 Å². The first-order chi connectivity index (χ1) is 8.79. The first-order valence-corrected chi connectivity index (χ1v) is 5.30. The summed E-state index contributed by atoms with van der Waals surface area (Å²) in [4.78, 5) is 4.22. The van der Waals surface area contributed by atoms with E-state index >= 15 is 0 Å². The second-order valence-corrected chi connectivity index (χ2v) is 2.94. The number of pyridine rings is 1. The molecule has 0 fully saturated rings.